The van der Waals surface area contributed by atoms with Crippen molar-refractivity contribution in [1.82, 2.24) is 5.32 Å². The van der Waals surface area contributed by atoms with E-state index in [1.165, 1.54) is 18.2 Å². The van der Waals surface area contributed by atoms with E-state index in [0.717, 1.165) is 0 Å². The molecule has 0 aromatic heterocycles. The van der Waals surface area contributed by atoms with Gasteiger partial charge in [0.15, 0.2) is 10.7 Å². The molecule has 0 radical (unpaired) electrons. The first-order valence-electron chi connectivity index (χ1n) is 3.74. The van der Waals surface area contributed by atoms with Gasteiger partial charge in [-0.05, 0) is 18.2 Å². The lowest BCUT2D eigenvalue weighted by molar-refractivity contribution is 0.0879. The van der Waals surface area contributed by atoms with Crippen molar-refractivity contribution in [3.63, 3.8) is 0 Å². The van der Waals surface area contributed by atoms with Crippen LogP contribution in [-0.2, 0) is 10.7 Å². The van der Waals surface area contributed by atoms with Gasteiger partial charge in [0.2, 0.25) is 0 Å². The number of amides is 2. The number of fused-ring (bicyclic) bond motifs is 1. The van der Waals surface area contributed by atoms with Crippen LogP contribution in [0.4, 0.5) is 0 Å². The van der Waals surface area contributed by atoms with E-state index >= 15 is 0 Å². The first kappa shape index (κ1) is 8.89. The first-order valence-corrected chi connectivity index (χ1v) is 4.91. The Morgan fingerprint density at radius 2 is 1.64 bits per heavy atom. The molecular weight excluding hydrogens is 206 g/mol. The van der Waals surface area contributed by atoms with E-state index in [1.54, 1.807) is 0 Å². The maximum absolute atomic E-state index is 11.1. The molecule has 0 aliphatic carbocycles. The third kappa shape index (κ3) is 1.20. The normalized spacial score (nSPS) is 14.4. The second-order valence-electron chi connectivity index (χ2n) is 2.77. The molecule has 1 aliphatic rings. The van der Waals surface area contributed by atoms with Crippen molar-refractivity contribution in [3.05, 3.63) is 29.3 Å². The van der Waals surface area contributed by atoms with Crippen molar-refractivity contribution in [1.29, 1.82) is 0 Å². The SMILES string of the molecule is O=C1NC(=O)c2cc([SH](=O)=O)ccc21. The number of benzene rings is 1. The Labute approximate surface area is 80.7 Å². The number of hydrogen-bond donors (Lipinski definition) is 2. The van der Waals surface area contributed by atoms with Crippen LogP contribution in [0.15, 0.2) is 23.1 Å². The summed E-state index contributed by atoms with van der Waals surface area (Å²) < 4.78 is 21.2. The Kier molecular flexibility index (Phi) is 1.85. The van der Waals surface area contributed by atoms with Gasteiger partial charge in [-0.25, -0.2) is 8.42 Å². The van der Waals surface area contributed by atoms with Crippen molar-refractivity contribution in [3.8, 4) is 0 Å². The highest BCUT2D eigenvalue weighted by molar-refractivity contribution is 7.72. The van der Waals surface area contributed by atoms with Gasteiger partial charge in [0, 0.05) is 0 Å². The van der Waals surface area contributed by atoms with Crippen molar-refractivity contribution in [2.45, 2.75) is 4.90 Å². The van der Waals surface area contributed by atoms with E-state index in [4.69, 9.17) is 0 Å². The summed E-state index contributed by atoms with van der Waals surface area (Å²) in [5, 5.41) is 2.07. The lowest BCUT2D eigenvalue weighted by Gasteiger charge is -1.94. The highest BCUT2D eigenvalue weighted by Gasteiger charge is 2.26. The number of carbonyl (C=O) groups excluding carboxylic acids is 2. The summed E-state index contributed by atoms with van der Waals surface area (Å²) in [6, 6.07) is 3.82. The second kappa shape index (κ2) is 2.91. The molecule has 0 bridgehead atoms. The van der Waals surface area contributed by atoms with E-state index in [0.29, 0.717) is 0 Å². The maximum atomic E-state index is 11.1. The summed E-state index contributed by atoms with van der Waals surface area (Å²) >= 11 is 0. The number of rotatable bonds is 1. The lowest BCUT2D eigenvalue weighted by atomic mass is 10.1. The van der Waals surface area contributed by atoms with Crippen molar-refractivity contribution < 1.29 is 18.0 Å². The molecule has 0 spiro atoms. The monoisotopic (exact) mass is 211 g/mol. The number of nitrogens with one attached hydrogen (secondary N) is 1. The Morgan fingerprint density at radius 1 is 1.00 bits per heavy atom. The van der Waals surface area contributed by atoms with Crippen LogP contribution < -0.4 is 5.32 Å². The molecule has 72 valence electrons. The summed E-state index contributed by atoms with van der Waals surface area (Å²) in [5.41, 5.74) is 0.335. The molecule has 1 heterocycles. The molecular formula is C8H5NO4S. The van der Waals surface area contributed by atoms with Gasteiger partial charge in [0.05, 0.1) is 16.0 Å². The van der Waals surface area contributed by atoms with E-state index in [1.807, 2.05) is 0 Å². The van der Waals surface area contributed by atoms with Crippen LogP contribution in [0.25, 0.3) is 0 Å². The van der Waals surface area contributed by atoms with Gasteiger partial charge < -0.3 is 0 Å². The molecule has 6 heteroatoms. The number of imide groups is 1. The predicted molar refractivity (Wildman–Crippen MR) is 46.8 cm³/mol. The molecule has 1 aliphatic heterocycles. The van der Waals surface area contributed by atoms with Gasteiger partial charge in [-0.1, -0.05) is 0 Å². The second-order valence-corrected chi connectivity index (χ2v) is 3.80. The quantitative estimate of drug-likeness (QED) is 0.486. The predicted octanol–water partition coefficient (Wildman–Crippen LogP) is -0.460. The lowest BCUT2D eigenvalue weighted by Crippen LogP contribution is -2.19. The highest BCUT2D eigenvalue weighted by atomic mass is 32.2. The Balaban J connectivity index is 2.66. The van der Waals surface area contributed by atoms with Gasteiger partial charge in [0.1, 0.15) is 0 Å². The van der Waals surface area contributed by atoms with Gasteiger partial charge in [-0.3, -0.25) is 14.9 Å². The summed E-state index contributed by atoms with van der Waals surface area (Å²) in [5.74, 6) is -1.04. The third-order valence-corrected chi connectivity index (χ3v) is 2.63. The largest absolute Gasteiger partial charge is 0.288 e. The summed E-state index contributed by atoms with van der Waals surface area (Å²) in [6.07, 6.45) is 0. The molecule has 2 rings (SSSR count). The van der Waals surface area contributed by atoms with E-state index in [2.05, 4.69) is 5.32 Å². The van der Waals surface area contributed by atoms with Crippen LogP contribution in [0.1, 0.15) is 20.7 Å². The Morgan fingerprint density at radius 3 is 2.29 bits per heavy atom. The van der Waals surface area contributed by atoms with E-state index < -0.39 is 22.5 Å². The van der Waals surface area contributed by atoms with Gasteiger partial charge in [0.25, 0.3) is 11.8 Å². The molecule has 0 saturated heterocycles. The fourth-order valence-corrected chi connectivity index (χ4v) is 1.70. The minimum absolute atomic E-state index is 0.0311. The standard InChI is InChI=1S/C8H5NO4S/c10-7-5-2-1-4(14(12)13)3-6(5)8(11)9-7/h1-3,14H,(H,9,10,11). The molecule has 14 heavy (non-hydrogen) atoms. The Hall–Kier alpha value is -1.69. The minimum atomic E-state index is -2.73. The molecule has 5 nitrogen and oxygen atoms in total. The molecule has 1 aromatic carbocycles. The zero-order valence-electron chi connectivity index (χ0n) is 6.81. The third-order valence-electron chi connectivity index (χ3n) is 1.93. The summed E-state index contributed by atoms with van der Waals surface area (Å²) in [7, 11) is -2.73. The minimum Gasteiger partial charge on any atom is -0.288 e. The molecule has 0 saturated carbocycles. The van der Waals surface area contributed by atoms with Crippen molar-refractivity contribution in [2.24, 2.45) is 0 Å². The average Bonchev–Trinajstić information content (AvgIpc) is 2.42. The van der Waals surface area contributed by atoms with Gasteiger partial charge in [-0.2, -0.15) is 0 Å². The number of hydrogen-bond acceptors (Lipinski definition) is 4. The van der Waals surface area contributed by atoms with Crippen LogP contribution in [0.5, 0.6) is 0 Å². The molecule has 0 unspecified atom stereocenters. The molecule has 0 atom stereocenters. The summed E-state index contributed by atoms with van der Waals surface area (Å²) in [6.45, 7) is 0. The van der Waals surface area contributed by atoms with E-state index in [9.17, 15) is 18.0 Å². The van der Waals surface area contributed by atoms with Gasteiger partial charge >= 0.3 is 0 Å². The first-order chi connectivity index (χ1) is 6.59. The summed E-state index contributed by atoms with van der Waals surface area (Å²) in [4.78, 5) is 22.2. The van der Waals surface area contributed by atoms with Crippen LogP contribution in [0.3, 0.4) is 0 Å². The van der Waals surface area contributed by atoms with Crippen LogP contribution in [0.2, 0.25) is 0 Å². The Bertz CT molecular complexity index is 510. The smallest absolute Gasteiger partial charge is 0.258 e. The van der Waals surface area contributed by atoms with Crippen LogP contribution >= 0.6 is 0 Å². The zero-order valence-corrected chi connectivity index (χ0v) is 7.71. The number of carbonyl (C=O) groups is 2. The van der Waals surface area contributed by atoms with Crippen LogP contribution in [-0.4, -0.2) is 20.2 Å². The molecule has 0 fully saturated rings. The molecule has 1 aromatic rings. The fraction of sp³-hybridized carbons (Fsp3) is 0. The fourth-order valence-electron chi connectivity index (χ4n) is 1.27. The van der Waals surface area contributed by atoms with Crippen LogP contribution in [0, 0.1) is 0 Å². The van der Waals surface area contributed by atoms with Crippen molar-refractivity contribution in [2.75, 3.05) is 0 Å². The molecule has 1 N–H and O–H groups in total. The molecule has 2 amide bonds. The highest BCUT2D eigenvalue weighted by Crippen LogP contribution is 2.17. The zero-order chi connectivity index (χ0) is 10.3. The maximum Gasteiger partial charge on any atom is 0.258 e. The van der Waals surface area contributed by atoms with E-state index in [-0.39, 0.29) is 16.0 Å². The topological polar surface area (TPSA) is 80.3 Å². The average molecular weight is 211 g/mol. The number of thiol groups is 1. The van der Waals surface area contributed by atoms with Crippen molar-refractivity contribution >= 4 is 22.5 Å². The van der Waals surface area contributed by atoms with Gasteiger partial charge in [-0.15, -0.1) is 0 Å².